The fourth-order valence-corrected chi connectivity index (χ4v) is 3.37. The lowest BCUT2D eigenvalue weighted by atomic mass is 10.0. The van der Waals surface area contributed by atoms with E-state index in [-0.39, 0.29) is 11.9 Å². The van der Waals surface area contributed by atoms with Gasteiger partial charge in [0, 0.05) is 13.0 Å². The number of rotatable bonds is 4. The summed E-state index contributed by atoms with van der Waals surface area (Å²) in [4.78, 5) is 18.9. The smallest absolute Gasteiger partial charge is 0.249 e. The van der Waals surface area contributed by atoms with Crippen molar-refractivity contribution >= 4 is 17.2 Å². The van der Waals surface area contributed by atoms with Crippen LogP contribution >= 0.6 is 11.3 Å². The van der Waals surface area contributed by atoms with Crippen molar-refractivity contribution in [3.8, 4) is 0 Å². The Balaban J connectivity index is 1.76. The van der Waals surface area contributed by atoms with Crippen LogP contribution in [0.2, 0.25) is 0 Å². The lowest BCUT2D eigenvalue weighted by Crippen LogP contribution is -2.39. The largest absolute Gasteiger partial charge is 0.337 e. The minimum atomic E-state index is -0.0577. The van der Waals surface area contributed by atoms with Gasteiger partial charge >= 0.3 is 0 Å². The van der Waals surface area contributed by atoms with Crippen LogP contribution in [0.15, 0.2) is 21.3 Å². The molecule has 6 heteroatoms. The van der Waals surface area contributed by atoms with Crippen molar-refractivity contribution in [2.45, 2.75) is 45.1 Å². The van der Waals surface area contributed by atoms with Crippen molar-refractivity contribution in [2.75, 3.05) is 6.54 Å². The number of hydrogen-bond acceptors (Lipinski definition) is 5. The molecule has 1 aliphatic rings. The Morgan fingerprint density at radius 1 is 1.52 bits per heavy atom. The predicted molar refractivity (Wildman–Crippen MR) is 80.0 cm³/mol. The SMILES string of the molecule is CCc1noc(C2CCCCN2C(=O)Cc2ccsc2)n1. The topological polar surface area (TPSA) is 59.2 Å². The zero-order valence-corrected chi connectivity index (χ0v) is 12.9. The molecule has 112 valence electrons. The number of carbonyl (C=O) groups excluding carboxylic acids is 1. The van der Waals surface area contributed by atoms with Gasteiger partial charge in [0.2, 0.25) is 11.8 Å². The van der Waals surface area contributed by atoms with Gasteiger partial charge in [0.25, 0.3) is 0 Å². The van der Waals surface area contributed by atoms with E-state index in [1.54, 1.807) is 11.3 Å². The van der Waals surface area contributed by atoms with Crippen molar-refractivity contribution in [1.82, 2.24) is 15.0 Å². The van der Waals surface area contributed by atoms with Gasteiger partial charge in [-0.1, -0.05) is 12.1 Å². The third-order valence-electron chi connectivity index (χ3n) is 3.84. The number of nitrogens with zero attached hydrogens (tertiary/aromatic N) is 3. The third-order valence-corrected chi connectivity index (χ3v) is 4.58. The third kappa shape index (κ3) is 3.15. The molecule has 2 aromatic heterocycles. The first-order chi connectivity index (χ1) is 10.3. The molecular formula is C15H19N3O2S. The summed E-state index contributed by atoms with van der Waals surface area (Å²) in [7, 11) is 0. The zero-order valence-electron chi connectivity index (χ0n) is 12.1. The maximum Gasteiger partial charge on any atom is 0.249 e. The molecule has 0 spiro atoms. The molecular weight excluding hydrogens is 286 g/mol. The summed E-state index contributed by atoms with van der Waals surface area (Å²) < 4.78 is 5.36. The first-order valence-electron chi connectivity index (χ1n) is 7.41. The molecule has 1 amide bonds. The molecule has 3 heterocycles. The van der Waals surface area contributed by atoms with E-state index < -0.39 is 0 Å². The first-order valence-corrected chi connectivity index (χ1v) is 8.35. The number of carbonyl (C=O) groups is 1. The number of piperidine rings is 1. The molecule has 1 unspecified atom stereocenters. The maximum absolute atomic E-state index is 12.6. The second kappa shape index (κ2) is 6.39. The van der Waals surface area contributed by atoms with Crippen LogP contribution in [0.1, 0.15) is 49.5 Å². The van der Waals surface area contributed by atoms with E-state index in [0.29, 0.717) is 18.1 Å². The van der Waals surface area contributed by atoms with Gasteiger partial charge in [-0.15, -0.1) is 0 Å². The summed E-state index contributed by atoms with van der Waals surface area (Å²) in [6.07, 6.45) is 4.24. The normalized spacial score (nSPS) is 18.9. The lowest BCUT2D eigenvalue weighted by Gasteiger charge is -2.33. The summed E-state index contributed by atoms with van der Waals surface area (Å²) >= 11 is 1.62. The van der Waals surface area contributed by atoms with E-state index in [0.717, 1.165) is 37.8 Å². The molecule has 21 heavy (non-hydrogen) atoms. The highest BCUT2D eigenvalue weighted by Gasteiger charge is 2.31. The van der Waals surface area contributed by atoms with Gasteiger partial charge in [0.05, 0.1) is 6.42 Å². The molecule has 0 aliphatic carbocycles. The van der Waals surface area contributed by atoms with Crippen LogP contribution in [-0.4, -0.2) is 27.5 Å². The van der Waals surface area contributed by atoms with Crippen molar-refractivity contribution < 1.29 is 9.32 Å². The molecule has 3 rings (SSSR count). The molecule has 1 fully saturated rings. The van der Waals surface area contributed by atoms with Gasteiger partial charge in [-0.2, -0.15) is 16.3 Å². The van der Waals surface area contributed by atoms with E-state index in [4.69, 9.17) is 4.52 Å². The van der Waals surface area contributed by atoms with Gasteiger partial charge in [-0.25, -0.2) is 0 Å². The summed E-state index contributed by atoms with van der Waals surface area (Å²) in [5, 5.41) is 7.99. The molecule has 1 saturated heterocycles. The van der Waals surface area contributed by atoms with Gasteiger partial charge in [-0.3, -0.25) is 4.79 Å². The predicted octanol–water partition coefficient (Wildman–Crippen LogP) is 2.99. The number of aryl methyl sites for hydroxylation is 1. The number of likely N-dealkylation sites (tertiary alicyclic amines) is 1. The molecule has 0 bridgehead atoms. The second-order valence-corrected chi connectivity index (χ2v) is 6.09. The molecule has 0 aromatic carbocycles. The zero-order chi connectivity index (χ0) is 14.7. The van der Waals surface area contributed by atoms with Crippen molar-refractivity contribution in [3.63, 3.8) is 0 Å². The highest BCUT2D eigenvalue weighted by Crippen LogP contribution is 2.30. The monoisotopic (exact) mass is 305 g/mol. The maximum atomic E-state index is 12.6. The fraction of sp³-hybridized carbons (Fsp3) is 0.533. The highest BCUT2D eigenvalue weighted by atomic mass is 32.1. The first kappa shape index (κ1) is 14.3. The quantitative estimate of drug-likeness (QED) is 0.871. The second-order valence-electron chi connectivity index (χ2n) is 5.31. The summed E-state index contributed by atoms with van der Waals surface area (Å²) in [5.41, 5.74) is 1.08. The van der Waals surface area contributed by atoms with Crippen LogP contribution in [0.4, 0.5) is 0 Å². The van der Waals surface area contributed by atoms with Crippen LogP contribution < -0.4 is 0 Å². The Labute approximate surface area is 128 Å². The van der Waals surface area contributed by atoms with Crippen LogP contribution in [0, 0.1) is 0 Å². The Kier molecular flexibility index (Phi) is 4.34. The minimum Gasteiger partial charge on any atom is -0.337 e. The lowest BCUT2D eigenvalue weighted by molar-refractivity contribution is -0.135. The van der Waals surface area contributed by atoms with Gasteiger partial charge in [0.1, 0.15) is 6.04 Å². The molecule has 0 saturated carbocycles. The van der Waals surface area contributed by atoms with E-state index in [9.17, 15) is 4.79 Å². The molecule has 5 nitrogen and oxygen atoms in total. The van der Waals surface area contributed by atoms with Crippen LogP contribution in [0.3, 0.4) is 0 Å². The number of aromatic nitrogens is 2. The van der Waals surface area contributed by atoms with Crippen LogP contribution in [-0.2, 0) is 17.6 Å². The molecule has 2 aromatic rings. The van der Waals surface area contributed by atoms with E-state index in [1.165, 1.54) is 0 Å². The molecule has 1 atom stereocenters. The van der Waals surface area contributed by atoms with Crippen LogP contribution in [0.5, 0.6) is 0 Å². The van der Waals surface area contributed by atoms with Crippen LogP contribution in [0.25, 0.3) is 0 Å². The average Bonchev–Trinajstić information content (AvgIpc) is 3.18. The standard InChI is InChI=1S/C15H19N3O2S/c1-2-13-16-15(20-17-13)12-5-3-4-7-18(12)14(19)9-11-6-8-21-10-11/h6,8,10,12H,2-5,7,9H2,1H3. The fourth-order valence-electron chi connectivity index (χ4n) is 2.70. The van der Waals surface area contributed by atoms with Gasteiger partial charge in [0.15, 0.2) is 5.82 Å². The van der Waals surface area contributed by atoms with E-state index in [1.807, 2.05) is 28.7 Å². The Hall–Kier alpha value is -1.69. The van der Waals surface area contributed by atoms with Crippen molar-refractivity contribution in [1.29, 1.82) is 0 Å². The Morgan fingerprint density at radius 2 is 2.43 bits per heavy atom. The van der Waals surface area contributed by atoms with Gasteiger partial charge in [-0.05, 0) is 41.7 Å². The van der Waals surface area contributed by atoms with Crippen molar-refractivity contribution in [3.05, 3.63) is 34.1 Å². The van der Waals surface area contributed by atoms with E-state index >= 15 is 0 Å². The summed E-state index contributed by atoms with van der Waals surface area (Å²) in [5.74, 6) is 1.44. The molecule has 1 aliphatic heterocycles. The average molecular weight is 305 g/mol. The Morgan fingerprint density at radius 3 is 3.14 bits per heavy atom. The summed E-state index contributed by atoms with van der Waals surface area (Å²) in [6, 6.07) is 1.95. The van der Waals surface area contributed by atoms with E-state index in [2.05, 4.69) is 10.1 Å². The highest BCUT2D eigenvalue weighted by molar-refractivity contribution is 7.07. The van der Waals surface area contributed by atoms with Gasteiger partial charge < -0.3 is 9.42 Å². The Bertz CT molecular complexity index is 594. The number of thiophene rings is 1. The van der Waals surface area contributed by atoms with Crippen molar-refractivity contribution in [2.24, 2.45) is 0 Å². The summed E-state index contributed by atoms with van der Waals surface area (Å²) in [6.45, 7) is 2.77. The molecule has 0 N–H and O–H groups in total. The number of hydrogen-bond donors (Lipinski definition) is 0. The molecule has 0 radical (unpaired) electrons. The minimum absolute atomic E-state index is 0.0577. The number of amides is 1.